The van der Waals surface area contributed by atoms with Crippen molar-refractivity contribution in [2.75, 3.05) is 19.8 Å². The number of nitrogens with one attached hydrogen (secondary N) is 1. The van der Waals surface area contributed by atoms with Gasteiger partial charge in [0.2, 0.25) is 0 Å². The third kappa shape index (κ3) is 4.36. The second-order valence-corrected chi connectivity index (χ2v) is 5.93. The Morgan fingerprint density at radius 3 is 2.76 bits per heavy atom. The van der Waals surface area contributed by atoms with Gasteiger partial charge in [0.15, 0.2) is 0 Å². The van der Waals surface area contributed by atoms with E-state index in [9.17, 15) is 18.0 Å². The fraction of sp³-hybridized carbons (Fsp3) is 0.333. The van der Waals surface area contributed by atoms with E-state index < -0.39 is 11.9 Å². The highest BCUT2D eigenvalue weighted by atomic mass is 19.4. The maximum Gasteiger partial charge on any atom is 0.433 e. The highest BCUT2D eigenvalue weighted by Gasteiger charge is 2.32. The molecular formula is C18H17F3N2O2. The Morgan fingerprint density at radius 2 is 2.04 bits per heavy atom. The molecule has 2 heterocycles. The van der Waals surface area contributed by atoms with Crippen molar-refractivity contribution in [3.63, 3.8) is 0 Å². The van der Waals surface area contributed by atoms with Gasteiger partial charge in [-0.15, -0.1) is 0 Å². The van der Waals surface area contributed by atoms with Gasteiger partial charge >= 0.3 is 6.18 Å². The number of pyridine rings is 1. The summed E-state index contributed by atoms with van der Waals surface area (Å²) in [6.45, 7) is 1.86. The summed E-state index contributed by atoms with van der Waals surface area (Å²) < 4.78 is 43.7. The Labute approximate surface area is 143 Å². The summed E-state index contributed by atoms with van der Waals surface area (Å²) in [6, 6.07) is 10.1. The topological polar surface area (TPSA) is 51.2 Å². The maximum atomic E-state index is 12.8. The Kier molecular flexibility index (Phi) is 5.03. The van der Waals surface area contributed by atoms with Gasteiger partial charge in [0.25, 0.3) is 5.91 Å². The second kappa shape index (κ2) is 7.23. The summed E-state index contributed by atoms with van der Waals surface area (Å²) in [5.74, 6) is 0.0398. The van der Waals surface area contributed by atoms with E-state index in [4.69, 9.17) is 4.74 Å². The van der Waals surface area contributed by atoms with Crippen LogP contribution in [0.5, 0.6) is 0 Å². The van der Waals surface area contributed by atoms with E-state index in [1.165, 1.54) is 12.1 Å². The number of nitrogens with zero attached hydrogens (tertiary/aromatic N) is 1. The van der Waals surface area contributed by atoms with Gasteiger partial charge in [0, 0.05) is 30.2 Å². The first kappa shape index (κ1) is 17.4. The third-order valence-corrected chi connectivity index (χ3v) is 4.04. The average molecular weight is 350 g/mol. The summed E-state index contributed by atoms with van der Waals surface area (Å²) in [4.78, 5) is 15.9. The molecule has 1 N–H and O–H groups in total. The Hall–Kier alpha value is -2.41. The molecule has 1 amide bonds. The van der Waals surface area contributed by atoms with Crippen molar-refractivity contribution in [2.45, 2.75) is 12.6 Å². The molecular weight excluding hydrogens is 333 g/mol. The number of rotatable bonds is 4. The Morgan fingerprint density at radius 1 is 1.24 bits per heavy atom. The standard InChI is InChI=1S/C18H17F3N2O2/c19-18(20,21)16-6-2-5-15(23-16)13-3-1-4-14(9-13)17(24)22-10-12-7-8-25-11-12/h1-6,9,12H,7-8,10-11H2,(H,22,24)/t12-/m1/s1. The molecule has 132 valence electrons. The van der Waals surface area contributed by atoms with Gasteiger partial charge < -0.3 is 10.1 Å². The number of aromatic nitrogens is 1. The first-order valence-electron chi connectivity index (χ1n) is 7.94. The lowest BCUT2D eigenvalue weighted by Gasteiger charge is -2.11. The first-order valence-corrected chi connectivity index (χ1v) is 7.94. The molecule has 1 fully saturated rings. The van der Waals surface area contributed by atoms with Gasteiger partial charge in [0.05, 0.1) is 12.3 Å². The highest BCUT2D eigenvalue weighted by Crippen LogP contribution is 2.29. The minimum Gasteiger partial charge on any atom is -0.381 e. The van der Waals surface area contributed by atoms with Crippen LogP contribution in [0.15, 0.2) is 42.5 Å². The lowest BCUT2D eigenvalue weighted by molar-refractivity contribution is -0.141. The van der Waals surface area contributed by atoms with Crippen LogP contribution < -0.4 is 5.32 Å². The number of hydrogen-bond donors (Lipinski definition) is 1. The molecule has 0 unspecified atom stereocenters. The van der Waals surface area contributed by atoms with E-state index in [0.29, 0.717) is 36.8 Å². The van der Waals surface area contributed by atoms with Crippen LogP contribution >= 0.6 is 0 Å². The molecule has 3 rings (SSSR count). The quantitative estimate of drug-likeness (QED) is 0.918. The lowest BCUT2D eigenvalue weighted by atomic mass is 10.1. The smallest absolute Gasteiger partial charge is 0.381 e. The zero-order valence-electron chi connectivity index (χ0n) is 13.3. The van der Waals surface area contributed by atoms with E-state index in [1.54, 1.807) is 24.3 Å². The molecule has 1 aromatic heterocycles. The summed E-state index contributed by atoms with van der Waals surface area (Å²) in [6.07, 6.45) is -3.59. The van der Waals surface area contributed by atoms with E-state index in [0.717, 1.165) is 12.5 Å². The molecule has 0 bridgehead atoms. The van der Waals surface area contributed by atoms with Crippen molar-refractivity contribution in [3.8, 4) is 11.3 Å². The zero-order valence-corrected chi connectivity index (χ0v) is 13.3. The minimum atomic E-state index is -4.51. The van der Waals surface area contributed by atoms with Crippen LogP contribution in [0.3, 0.4) is 0 Å². The van der Waals surface area contributed by atoms with Gasteiger partial charge in [-0.05, 0) is 30.7 Å². The van der Waals surface area contributed by atoms with E-state index in [-0.39, 0.29) is 11.6 Å². The molecule has 0 saturated carbocycles. The number of carbonyl (C=O) groups excluding carboxylic acids is 1. The summed E-state index contributed by atoms with van der Waals surface area (Å²) >= 11 is 0. The molecule has 0 radical (unpaired) electrons. The van der Waals surface area contributed by atoms with Crippen LogP contribution in [0.1, 0.15) is 22.5 Å². The SMILES string of the molecule is O=C(NC[C@H]1CCOC1)c1cccc(-c2cccc(C(F)(F)F)n2)c1. The number of ether oxygens (including phenoxy) is 1. The Balaban J connectivity index is 1.76. The number of amides is 1. The average Bonchev–Trinajstić information content (AvgIpc) is 3.13. The minimum absolute atomic E-state index is 0.175. The van der Waals surface area contributed by atoms with Crippen LogP contribution in [-0.2, 0) is 10.9 Å². The molecule has 1 aliphatic heterocycles. The molecule has 2 aromatic rings. The predicted molar refractivity (Wildman–Crippen MR) is 85.9 cm³/mol. The van der Waals surface area contributed by atoms with Crippen molar-refractivity contribution in [1.29, 1.82) is 0 Å². The van der Waals surface area contributed by atoms with Crippen LogP contribution in [-0.4, -0.2) is 30.6 Å². The van der Waals surface area contributed by atoms with Crippen LogP contribution in [0.2, 0.25) is 0 Å². The fourth-order valence-corrected chi connectivity index (χ4v) is 2.66. The third-order valence-electron chi connectivity index (χ3n) is 4.04. The van der Waals surface area contributed by atoms with Crippen LogP contribution in [0.25, 0.3) is 11.3 Å². The van der Waals surface area contributed by atoms with Crippen LogP contribution in [0.4, 0.5) is 13.2 Å². The highest BCUT2D eigenvalue weighted by molar-refractivity contribution is 5.95. The van der Waals surface area contributed by atoms with Gasteiger partial charge in [-0.1, -0.05) is 18.2 Å². The maximum absolute atomic E-state index is 12.8. The largest absolute Gasteiger partial charge is 0.433 e. The monoisotopic (exact) mass is 350 g/mol. The predicted octanol–water partition coefficient (Wildman–Crippen LogP) is 3.53. The van der Waals surface area contributed by atoms with Gasteiger partial charge in [-0.25, -0.2) is 4.98 Å². The number of alkyl halides is 3. The molecule has 1 atom stereocenters. The molecule has 1 aliphatic rings. The van der Waals surface area contributed by atoms with Crippen LogP contribution in [0, 0.1) is 5.92 Å². The first-order chi connectivity index (χ1) is 11.9. The number of benzene rings is 1. The van der Waals surface area contributed by atoms with Gasteiger partial charge in [0.1, 0.15) is 5.69 Å². The molecule has 7 heteroatoms. The fourth-order valence-electron chi connectivity index (χ4n) is 2.66. The molecule has 4 nitrogen and oxygen atoms in total. The van der Waals surface area contributed by atoms with Crippen molar-refractivity contribution in [3.05, 3.63) is 53.7 Å². The van der Waals surface area contributed by atoms with Crippen molar-refractivity contribution >= 4 is 5.91 Å². The number of hydrogen-bond acceptors (Lipinski definition) is 3. The molecule has 0 spiro atoms. The lowest BCUT2D eigenvalue weighted by Crippen LogP contribution is -2.29. The number of carbonyl (C=O) groups is 1. The Bertz CT molecular complexity index is 756. The summed E-state index contributed by atoms with van der Waals surface area (Å²) in [7, 11) is 0. The molecule has 25 heavy (non-hydrogen) atoms. The van der Waals surface area contributed by atoms with Crippen molar-refractivity contribution in [1.82, 2.24) is 10.3 Å². The molecule has 1 aromatic carbocycles. The van der Waals surface area contributed by atoms with E-state index in [1.807, 2.05) is 0 Å². The van der Waals surface area contributed by atoms with Gasteiger partial charge in [-0.2, -0.15) is 13.2 Å². The summed E-state index contributed by atoms with van der Waals surface area (Å²) in [5.41, 5.74) is 0.0633. The van der Waals surface area contributed by atoms with Gasteiger partial charge in [-0.3, -0.25) is 4.79 Å². The van der Waals surface area contributed by atoms with Crippen molar-refractivity contribution < 1.29 is 22.7 Å². The van der Waals surface area contributed by atoms with Crippen molar-refractivity contribution in [2.24, 2.45) is 5.92 Å². The number of halogens is 3. The summed E-state index contributed by atoms with van der Waals surface area (Å²) in [5, 5.41) is 2.84. The molecule has 0 aliphatic carbocycles. The van der Waals surface area contributed by atoms with E-state index >= 15 is 0 Å². The zero-order chi connectivity index (χ0) is 17.9. The molecule has 1 saturated heterocycles. The van der Waals surface area contributed by atoms with E-state index in [2.05, 4.69) is 10.3 Å². The second-order valence-electron chi connectivity index (χ2n) is 5.93. The normalized spacial score (nSPS) is 17.5.